The van der Waals surface area contributed by atoms with Crippen molar-refractivity contribution < 1.29 is 0 Å². The van der Waals surface area contributed by atoms with Crippen LogP contribution < -0.4 is 0 Å². The lowest BCUT2D eigenvalue weighted by Gasteiger charge is -1.93. The molecule has 2 aromatic rings. The highest BCUT2D eigenvalue weighted by atomic mass is 15.5. The third-order valence-corrected chi connectivity index (χ3v) is 1.81. The summed E-state index contributed by atoms with van der Waals surface area (Å²) >= 11 is 0. The van der Waals surface area contributed by atoms with Crippen molar-refractivity contribution in [3.63, 3.8) is 0 Å². The van der Waals surface area contributed by atoms with Gasteiger partial charge in [0.05, 0.1) is 6.21 Å². The van der Waals surface area contributed by atoms with Crippen LogP contribution in [0.1, 0.15) is 11.1 Å². The zero-order valence-corrected chi connectivity index (χ0v) is 7.83. The van der Waals surface area contributed by atoms with Crippen molar-refractivity contribution in [3.8, 4) is 0 Å². The van der Waals surface area contributed by atoms with Crippen LogP contribution in [0.4, 0.5) is 0 Å². The van der Waals surface area contributed by atoms with E-state index < -0.39 is 0 Å². The van der Waals surface area contributed by atoms with Crippen molar-refractivity contribution in [1.82, 2.24) is 14.9 Å². The van der Waals surface area contributed by atoms with Crippen molar-refractivity contribution in [2.24, 2.45) is 5.10 Å². The molecule has 0 spiro atoms. The Bertz CT molecular complexity index is 414. The lowest BCUT2D eigenvalue weighted by molar-refractivity contribution is 0.743. The molecular weight excluding hydrogens is 176 g/mol. The minimum atomic E-state index is 1.05. The number of nitrogens with zero attached hydrogens (tertiary/aromatic N) is 4. The number of benzene rings is 1. The van der Waals surface area contributed by atoms with Crippen LogP contribution in [0, 0.1) is 6.92 Å². The normalized spacial score (nSPS) is 10.9. The maximum Gasteiger partial charge on any atom is 0.139 e. The Morgan fingerprint density at radius 3 is 2.71 bits per heavy atom. The smallest absolute Gasteiger partial charge is 0.139 e. The summed E-state index contributed by atoms with van der Waals surface area (Å²) in [6.07, 6.45) is 4.74. The van der Waals surface area contributed by atoms with Gasteiger partial charge in [-0.1, -0.05) is 29.8 Å². The molecule has 70 valence electrons. The summed E-state index contributed by atoms with van der Waals surface area (Å²) in [7, 11) is 0. The van der Waals surface area contributed by atoms with Gasteiger partial charge in [0.2, 0.25) is 0 Å². The van der Waals surface area contributed by atoms with Crippen molar-refractivity contribution in [2.45, 2.75) is 6.92 Å². The van der Waals surface area contributed by atoms with Gasteiger partial charge in [-0.25, -0.2) is 4.98 Å². The first-order valence-electron chi connectivity index (χ1n) is 4.30. The lowest BCUT2D eigenvalue weighted by atomic mass is 10.2. The Morgan fingerprint density at radius 2 is 2.07 bits per heavy atom. The van der Waals surface area contributed by atoms with Gasteiger partial charge in [0.15, 0.2) is 0 Å². The van der Waals surface area contributed by atoms with E-state index in [4.69, 9.17) is 0 Å². The summed E-state index contributed by atoms with van der Waals surface area (Å²) in [5.74, 6) is 0. The standard InChI is InChI=1S/C10H10N4/c1-9-2-4-10(5-3-9)6-12-14-8-11-7-13-14/h2-8H,1H3. The van der Waals surface area contributed by atoms with Gasteiger partial charge in [0.25, 0.3) is 0 Å². The van der Waals surface area contributed by atoms with Crippen molar-refractivity contribution in [2.75, 3.05) is 0 Å². The summed E-state index contributed by atoms with van der Waals surface area (Å²) in [5, 5.41) is 7.94. The van der Waals surface area contributed by atoms with E-state index >= 15 is 0 Å². The highest BCUT2D eigenvalue weighted by Gasteiger charge is 1.87. The quantitative estimate of drug-likeness (QED) is 0.666. The maximum atomic E-state index is 4.08. The molecule has 2 rings (SSSR count). The first-order valence-corrected chi connectivity index (χ1v) is 4.30. The maximum absolute atomic E-state index is 4.08. The number of aromatic nitrogens is 3. The van der Waals surface area contributed by atoms with E-state index in [1.807, 2.05) is 24.3 Å². The van der Waals surface area contributed by atoms with Crippen LogP contribution in [0.2, 0.25) is 0 Å². The molecule has 0 atom stereocenters. The average molecular weight is 186 g/mol. The highest BCUT2D eigenvalue weighted by Crippen LogP contribution is 2.00. The molecule has 0 amide bonds. The van der Waals surface area contributed by atoms with Gasteiger partial charge < -0.3 is 0 Å². The molecule has 4 heteroatoms. The molecule has 0 unspecified atom stereocenters. The molecule has 0 saturated carbocycles. The molecule has 1 aromatic heterocycles. The van der Waals surface area contributed by atoms with Gasteiger partial charge in [-0.05, 0) is 12.5 Å². The van der Waals surface area contributed by atoms with Gasteiger partial charge in [-0.2, -0.15) is 5.10 Å². The van der Waals surface area contributed by atoms with E-state index in [1.54, 1.807) is 12.5 Å². The second-order valence-corrected chi connectivity index (χ2v) is 2.97. The molecule has 0 saturated heterocycles. The number of hydrogen-bond donors (Lipinski definition) is 0. The zero-order valence-electron chi connectivity index (χ0n) is 7.83. The fraction of sp³-hybridized carbons (Fsp3) is 0.100. The van der Waals surface area contributed by atoms with Crippen LogP contribution in [0.5, 0.6) is 0 Å². The third-order valence-electron chi connectivity index (χ3n) is 1.81. The lowest BCUT2D eigenvalue weighted by Crippen LogP contribution is -1.90. The van der Waals surface area contributed by atoms with Gasteiger partial charge in [-0.15, -0.1) is 9.89 Å². The molecule has 1 aromatic carbocycles. The second-order valence-electron chi connectivity index (χ2n) is 2.97. The zero-order chi connectivity index (χ0) is 9.80. The molecule has 0 radical (unpaired) electrons. The largest absolute Gasteiger partial charge is 0.221 e. The van der Waals surface area contributed by atoms with Gasteiger partial charge in [0, 0.05) is 0 Å². The predicted molar refractivity (Wildman–Crippen MR) is 54.2 cm³/mol. The Kier molecular flexibility index (Phi) is 2.36. The first kappa shape index (κ1) is 8.62. The molecule has 1 heterocycles. The third kappa shape index (κ3) is 2.04. The van der Waals surface area contributed by atoms with Crippen LogP contribution >= 0.6 is 0 Å². The van der Waals surface area contributed by atoms with Crippen molar-refractivity contribution >= 4 is 6.21 Å². The summed E-state index contributed by atoms with van der Waals surface area (Å²) in [5.41, 5.74) is 2.29. The molecule has 14 heavy (non-hydrogen) atoms. The summed E-state index contributed by atoms with van der Waals surface area (Å²) < 4.78 is 0. The van der Waals surface area contributed by atoms with E-state index in [1.165, 1.54) is 16.7 Å². The van der Waals surface area contributed by atoms with Crippen LogP contribution in [-0.2, 0) is 0 Å². The van der Waals surface area contributed by atoms with Crippen LogP contribution in [0.15, 0.2) is 42.0 Å². The summed E-state index contributed by atoms with van der Waals surface area (Å²) in [6, 6.07) is 8.11. The second kappa shape index (κ2) is 3.83. The minimum Gasteiger partial charge on any atom is -0.221 e. The monoisotopic (exact) mass is 186 g/mol. The number of hydrogen-bond acceptors (Lipinski definition) is 3. The fourth-order valence-electron chi connectivity index (χ4n) is 1.04. The van der Waals surface area contributed by atoms with E-state index in [0.29, 0.717) is 0 Å². The predicted octanol–water partition coefficient (Wildman–Crippen LogP) is 1.47. The number of rotatable bonds is 2. The molecule has 0 aliphatic rings. The molecule has 0 aliphatic carbocycles. The molecule has 0 fully saturated rings. The molecular formula is C10H10N4. The van der Waals surface area contributed by atoms with Crippen LogP contribution in [0.25, 0.3) is 0 Å². The summed E-state index contributed by atoms with van der Waals surface area (Å²) in [4.78, 5) is 5.20. The Hall–Kier alpha value is -1.97. The van der Waals surface area contributed by atoms with E-state index in [2.05, 4.69) is 22.1 Å². The molecule has 0 bridgehead atoms. The van der Waals surface area contributed by atoms with Crippen molar-refractivity contribution in [3.05, 3.63) is 48.0 Å². The molecule has 0 N–H and O–H groups in total. The van der Waals surface area contributed by atoms with E-state index in [-0.39, 0.29) is 0 Å². The Balaban J connectivity index is 2.15. The molecule has 4 nitrogen and oxygen atoms in total. The first-order chi connectivity index (χ1) is 6.84. The van der Waals surface area contributed by atoms with E-state index in [9.17, 15) is 0 Å². The minimum absolute atomic E-state index is 1.05. The SMILES string of the molecule is Cc1ccc(C=Nn2cncn2)cc1. The van der Waals surface area contributed by atoms with E-state index in [0.717, 1.165) is 5.56 Å². The highest BCUT2D eigenvalue weighted by molar-refractivity contribution is 5.79. The fourth-order valence-corrected chi connectivity index (χ4v) is 1.04. The van der Waals surface area contributed by atoms with Crippen LogP contribution in [-0.4, -0.2) is 21.1 Å². The average Bonchev–Trinajstić information content (AvgIpc) is 2.70. The summed E-state index contributed by atoms with van der Waals surface area (Å²) in [6.45, 7) is 2.05. The Labute approximate surface area is 81.9 Å². The topological polar surface area (TPSA) is 43.1 Å². The van der Waals surface area contributed by atoms with Crippen molar-refractivity contribution in [1.29, 1.82) is 0 Å². The van der Waals surface area contributed by atoms with Gasteiger partial charge in [-0.3, -0.25) is 0 Å². The van der Waals surface area contributed by atoms with Crippen LogP contribution in [0.3, 0.4) is 0 Å². The molecule has 0 aliphatic heterocycles. The van der Waals surface area contributed by atoms with Gasteiger partial charge in [0.1, 0.15) is 12.7 Å². The number of aryl methyl sites for hydroxylation is 1. The Morgan fingerprint density at radius 1 is 1.29 bits per heavy atom. The van der Waals surface area contributed by atoms with Gasteiger partial charge >= 0.3 is 0 Å².